The summed E-state index contributed by atoms with van der Waals surface area (Å²) >= 11 is 0. The van der Waals surface area contributed by atoms with Crippen LogP contribution in [0.4, 0.5) is 0 Å². The van der Waals surface area contributed by atoms with Crippen molar-refractivity contribution in [2.24, 2.45) is 0 Å². The minimum absolute atomic E-state index is 0.107. The van der Waals surface area contributed by atoms with Gasteiger partial charge in [0.15, 0.2) is 5.78 Å². The lowest BCUT2D eigenvalue weighted by Gasteiger charge is -2.11. The summed E-state index contributed by atoms with van der Waals surface area (Å²) in [6.45, 7) is 9.70. The molecular weight excluding hydrogens is 319 g/mol. The largest absolute Gasteiger partial charge is 0.466 e. The number of benzene rings is 2. The minimum atomic E-state index is -0.211. The quantitative estimate of drug-likeness (QED) is 0.482. The van der Waals surface area contributed by atoms with Crippen LogP contribution in [0.1, 0.15) is 46.5 Å². The Balaban J connectivity index is 0.000000413. The molecule has 4 heteroatoms. The standard InChI is InChI=1S/C16H17OP.C4H8O2/c1-10-8-11(2)15(12(3)9-10)16(17)13-6-4-5-7-14(13)18;1-3-6-4(2)5/h4-9H,18H2,1-3H3;3H2,1-2H3. The van der Waals surface area contributed by atoms with E-state index in [1.165, 1.54) is 12.5 Å². The van der Waals surface area contributed by atoms with Gasteiger partial charge in [0.1, 0.15) is 0 Å². The van der Waals surface area contributed by atoms with E-state index in [-0.39, 0.29) is 11.8 Å². The highest BCUT2D eigenvalue weighted by Gasteiger charge is 2.16. The van der Waals surface area contributed by atoms with Crippen LogP contribution in [0, 0.1) is 20.8 Å². The molecule has 0 saturated carbocycles. The zero-order chi connectivity index (χ0) is 18.3. The van der Waals surface area contributed by atoms with Gasteiger partial charge in [-0.2, -0.15) is 0 Å². The van der Waals surface area contributed by atoms with Crippen molar-refractivity contribution in [3.8, 4) is 0 Å². The van der Waals surface area contributed by atoms with Gasteiger partial charge >= 0.3 is 5.97 Å². The predicted octanol–water partition coefficient (Wildman–Crippen LogP) is 3.91. The molecule has 0 radical (unpaired) electrons. The van der Waals surface area contributed by atoms with Gasteiger partial charge in [0.25, 0.3) is 0 Å². The third kappa shape index (κ3) is 5.58. The van der Waals surface area contributed by atoms with E-state index in [2.05, 4.69) is 33.0 Å². The first-order valence-electron chi connectivity index (χ1n) is 7.88. The Morgan fingerprint density at radius 1 is 1.04 bits per heavy atom. The number of ether oxygens (including phenoxy) is 1. The van der Waals surface area contributed by atoms with Crippen LogP contribution >= 0.6 is 9.24 Å². The van der Waals surface area contributed by atoms with Gasteiger partial charge in [-0.3, -0.25) is 9.59 Å². The molecule has 1 atom stereocenters. The van der Waals surface area contributed by atoms with Crippen molar-refractivity contribution >= 4 is 26.3 Å². The van der Waals surface area contributed by atoms with E-state index < -0.39 is 0 Å². The highest BCUT2D eigenvalue weighted by atomic mass is 31.0. The molecule has 0 aromatic heterocycles. The fraction of sp³-hybridized carbons (Fsp3) is 0.300. The highest BCUT2D eigenvalue weighted by molar-refractivity contribution is 7.27. The van der Waals surface area contributed by atoms with Crippen LogP contribution < -0.4 is 5.30 Å². The second-order valence-corrected chi connectivity index (χ2v) is 6.24. The van der Waals surface area contributed by atoms with Crippen LogP contribution in [-0.4, -0.2) is 18.4 Å². The van der Waals surface area contributed by atoms with Crippen molar-refractivity contribution in [2.45, 2.75) is 34.6 Å². The summed E-state index contributed by atoms with van der Waals surface area (Å²) in [7, 11) is 2.63. The molecule has 2 rings (SSSR count). The van der Waals surface area contributed by atoms with Gasteiger partial charge in [-0.1, -0.05) is 42.0 Å². The average molecular weight is 344 g/mol. The smallest absolute Gasteiger partial charge is 0.302 e. The summed E-state index contributed by atoms with van der Waals surface area (Å²) in [4.78, 5) is 22.4. The Labute approximate surface area is 146 Å². The van der Waals surface area contributed by atoms with E-state index in [0.29, 0.717) is 6.61 Å². The molecular formula is C20H25O3P. The number of esters is 1. The molecule has 3 nitrogen and oxygen atoms in total. The molecule has 0 fully saturated rings. The van der Waals surface area contributed by atoms with E-state index in [1.54, 1.807) is 6.92 Å². The van der Waals surface area contributed by atoms with Gasteiger partial charge in [0.2, 0.25) is 0 Å². The van der Waals surface area contributed by atoms with Gasteiger partial charge in [0, 0.05) is 18.1 Å². The molecule has 0 N–H and O–H groups in total. The fourth-order valence-electron chi connectivity index (χ4n) is 2.58. The number of aryl methyl sites for hydroxylation is 3. The van der Waals surface area contributed by atoms with E-state index in [0.717, 1.165) is 27.6 Å². The van der Waals surface area contributed by atoms with Gasteiger partial charge in [-0.05, 0) is 44.1 Å². The summed E-state index contributed by atoms with van der Waals surface area (Å²) in [5.41, 5.74) is 4.88. The third-order valence-electron chi connectivity index (χ3n) is 3.46. The van der Waals surface area contributed by atoms with Crippen molar-refractivity contribution in [3.05, 3.63) is 64.2 Å². The average Bonchev–Trinajstić information content (AvgIpc) is 2.47. The zero-order valence-electron chi connectivity index (χ0n) is 15.0. The first kappa shape index (κ1) is 20.1. The molecule has 0 heterocycles. The number of hydrogen-bond donors (Lipinski definition) is 0. The number of hydrogen-bond acceptors (Lipinski definition) is 3. The zero-order valence-corrected chi connectivity index (χ0v) is 16.1. The van der Waals surface area contributed by atoms with Crippen molar-refractivity contribution < 1.29 is 14.3 Å². The van der Waals surface area contributed by atoms with Crippen LogP contribution in [0.5, 0.6) is 0 Å². The fourth-order valence-corrected chi connectivity index (χ4v) is 2.92. The number of carbonyl (C=O) groups excluding carboxylic acids is 2. The Bertz CT molecular complexity index is 712. The van der Waals surface area contributed by atoms with Crippen molar-refractivity contribution in [1.82, 2.24) is 0 Å². The van der Waals surface area contributed by atoms with Gasteiger partial charge < -0.3 is 4.74 Å². The number of ketones is 1. The van der Waals surface area contributed by atoms with Crippen LogP contribution in [0.2, 0.25) is 0 Å². The molecule has 2 aromatic carbocycles. The lowest BCUT2D eigenvalue weighted by atomic mass is 9.93. The monoisotopic (exact) mass is 344 g/mol. The third-order valence-corrected chi connectivity index (χ3v) is 3.96. The molecule has 0 spiro atoms. The Kier molecular flexibility index (Phi) is 7.81. The molecule has 128 valence electrons. The summed E-state index contributed by atoms with van der Waals surface area (Å²) in [5, 5.41) is 0.946. The van der Waals surface area contributed by atoms with Crippen LogP contribution in [-0.2, 0) is 9.53 Å². The summed E-state index contributed by atoms with van der Waals surface area (Å²) in [6, 6.07) is 11.8. The Morgan fingerprint density at radius 2 is 1.58 bits per heavy atom. The van der Waals surface area contributed by atoms with E-state index in [4.69, 9.17) is 0 Å². The number of carbonyl (C=O) groups is 2. The molecule has 2 aromatic rings. The molecule has 24 heavy (non-hydrogen) atoms. The SMILES string of the molecule is CCOC(C)=O.Cc1cc(C)c(C(=O)c2ccccc2P)c(C)c1. The summed E-state index contributed by atoms with van der Waals surface area (Å²) < 4.78 is 4.40. The minimum Gasteiger partial charge on any atom is -0.466 e. The molecule has 0 aliphatic heterocycles. The second kappa shape index (κ2) is 9.34. The predicted molar refractivity (Wildman–Crippen MR) is 102 cm³/mol. The molecule has 1 unspecified atom stereocenters. The maximum atomic E-state index is 12.6. The lowest BCUT2D eigenvalue weighted by Crippen LogP contribution is -2.13. The van der Waals surface area contributed by atoms with E-state index in [1.807, 2.05) is 38.1 Å². The van der Waals surface area contributed by atoms with Gasteiger partial charge in [0.05, 0.1) is 6.61 Å². The normalized spacial score (nSPS) is 9.75. The molecule has 0 saturated heterocycles. The lowest BCUT2D eigenvalue weighted by molar-refractivity contribution is -0.140. The Hall–Kier alpha value is -1.99. The Morgan fingerprint density at radius 3 is 2.00 bits per heavy atom. The van der Waals surface area contributed by atoms with Crippen molar-refractivity contribution in [3.63, 3.8) is 0 Å². The number of rotatable bonds is 3. The molecule has 0 aliphatic carbocycles. The topological polar surface area (TPSA) is 43.4 Å². The summed E-state index contributed by atoms with van der Waals surface area (Å²) in [5.74, 6) is -0.104. The first-order valence-corrected chi connectivity index (χ1v) is 8.46. The van der Waals surface area contributed by atoms with Crippen molar-refractivity contribution in [1.29, 1.82) is 0 Å². The maximum absolute atomic E-state index is 12.6. The maximum Gasteiger partial charge on any atom is 0.302 e. The van der Waals surface area contributed by atoms with Gasteiger partial charge in [-0.15, -0.1) is 9.24 Å². The van der Waals surface area contributed by atoms with Crippen LogP contribution in [0.15, 0.2) is 36.4 Å². The summed E-state index contributed by atoms with van der Waals surface area (Å²) in [6.07, 6.45) is 0. The highest BCUT2D eigenvalue weighted by Crippen LogP contribution is 2.20. The second-order valence-electron chi connectivity index (χ2n) is 5.61. The first-order chi connectivity index (χ1) is 11.3. The van der Waals surface area contributed by atoms with Crippen LogP contribution in [0.25, 0.3) is 0 Å². The van der Waals surface area contributed by atoms with E-state index in [9.17, 15) is 9.59 Å². The molecule has 0 aliphatic rings. The van der Waals surface area contributed by atoms with Crippen LogP contribution in [0.3, 0.4) is 0 Å². The molecule has 0 bridgehead atoms. The molecule has 0 amide bonds. The van der Waals surface area contributed by atoms with E-state index >= 15 is 0 Å². The van der Waals surface area contributed by atoms with Crippen molar-refractivity contribution in [2.75, 3.05) is 6.61 Å². The van der Waals surface area contributed by atoms with Gasteiger partial charge in [-0.25, -0.2) is 0 Å².